The van der Waals surface area contributed by atoms with Crippen LogP contribution < -0.4 is 10.6 Å². The first-order valence-corrected chi connectivity index (χ1v) is 7.49. The summed E-state index contributed by atoms with van der Waals surface area (Å²) >= 11 is 0. The molecule has 0 saturated carbocycles. The highest BCUT2D eigenvalue weighted by molar-refractivity contribution is 6.14. The molecule has 4 nitrogen and oxygen atoms in total. The SMILES string of the molecule is N=C(c1ccnc(N2CCC(F)(F)CC2)c1)c1ccccc1N. The molecule has 3 N–H and O–H groups in total. The molecule has 1 fully saturated rings. The Morgan fingerprint density at radius 3 is 2.57 bits per heavy atom. The number of nitrogen functional groups attached to an aromatic ring is 1. The maximum Gasteiger partial charge on any atom is 0.251 e. The highest BCUT2D eigenvalue weighted by Crippen LogP contribution is 2.30. The Bertz CT molecular complexity index is 720. The predicted octanol–water partition coefficient (Wildman–Crippen LogP) is 3.32. The largest absolute Gasteiger partial charge is 0.398 e. The first kappa shape index (κ1) is 15.4. The zero-order valence-corrected chi connectivity index (χ0v) is 12.6. The van der Waals surface area contributed by atoms with E-state index in [1.165, 1.54) is 0 Å². The third kappa shape index (κ3) is 3.31. The molecule has 0 spiro atoms. The third-order valence-corrected chi connectivity index (χ3v) is 4.08. The summed E-state index contributed by atoms with van der Waals surface area (Å²) in [6, 6.07) is 10.7. The number of halogens is 2. The number of anilines is 2. The highest BCUT2D eigenvalue weighted by Gasteiger charge is 2.34. The lowest BCUT2D eigenvalue weighted by molar-refractivity contribution is -0.0221. The summed E-state index contributed by atoms with van der Waals surface area (Å²) in [4.78, 5) is 6.10. The van der Waals surface area contributed by atoms with Crippen molar-refractivity contribution < 1.29 is 8.78 Å². The number of hydrogen-bond donors (Lipinski definition) is 2. The van der Waals surface area contributed by atoms with Gasteiger partial charge in [0.2, 0.25) is 0 Å². The molecule has 23 heavy (non-hydrogen) atoms. The first-order chi connectivity index (χ1) is 11.0. The van der Waals surface area contributed by atoms with Gasteiger partial charge in [-0.2, -0.15) is 0 Å². The van der Waals surface area contributed by atoms with Gasteiger partial charge < -0.3 is 10.6 Å². The number of hydrogen-bond acceptors (Lipinski definition) is 4. The smallest absolute Gasteiger partial charge is 0.251 e. The Balaban J connectivity index is 1.83. The van der Waals surface area contributed by atoms with Crippen molar-refractivity contribution >= 4 is 17.2 Å². The van der Waals surface area contributed by atoms with Crippen LogP contribution in [0, 0.1) is 5.41 Å². The van der Waals surface area contributed by atoms with Gasteiger partial charge in [-0.25, -0.2) is 13.8 Å². The van der Waals surface area contributed by atoms with Crippen LogP contribution in [-0.2, 0) is 0 Å². The Kier molecular flexibility index (Phi) is 3.98. The summed E-state index contributed by atoms with van der Waals surface area (Å²) in [5.74, 6) is -1.96. The standard InChI is InChI=1S/C17H18F2N4/c18-17(19)6-9-23(10-7-17)15-11-12(5-8-22-15)16(21)13-3-1-2-4-14(13)20/h1-5,8,11,21H,6-7,9-10,20H2. The summed E-state index contributed by atoms with van der Waals surface area (Å²) in [5, 5.41) is 8.34. The van der Waals surface area contributed by atoms with Crippen molar-refractivity contribution in [3.8, 4) is 0 Å². The molecule has 0 atom stereocenters. The van der Waals surface area contributed by atoms with Crippen molar-refractivity contribution in [1.82, 2.24) is 4.98 Å². The predicted molar refractivity (Wildman–Crippen MR) is 87.4 cm³/mol. The second kappa shape index (κ2) is 5.95. The lowest BCUT2D eigenvalue weighted by Gasteiger charge is -2.32. The van der Waals surface area contributed by atoms with Gasteiger partial charge in [0.15, 0.2) is 0 Å². The van der Waals surface area contributed by atoms with Crippen molar-refractivity contribution in [3.63, 3.8) is 0 Å². The van der Waals surface area contributed by atoms with Gasteiger partial charge in [0.1, 0.15) is 5.82 Å². The number of nitrogens with one attached hydrogen (secondary N) is 1. The summed E-state index contributed by atoms with van der Waals surface area (Å²) in [6.45, 7) is 0.536. The van der Waals surface area contributed by atoms with E-state index in [4.69, 9.17) is 11.1 Å². The number of rotatable bonds is 3. The number of nitrogens with two attached hydrogens (primary N) is 1. The van der Waals surface area contributed by atoms with Crippen LogP contribution in [0.4, 0.5) is 20.3 Å². The number of piperidine rings is 1. The zero-order valence-electron chi connectivity index (χ0n) is 12.6. The van der Waals surface area contributed by atoms with E-state index in [1.807, 2.05) is 17.0 Å². The molecule has 120 valence electrons. The number of aromatic nitrogens is 1. The molecule has 1 aromatic heterocycles. The number of alkyl halides is 2. The van der Waals surface area contributed by atoms with Crippen molar-refractivity contribution in [2.45, 2.75) is 18.8 Å². The Labute approximate surface area is 133 Å². The topological polar surface area (TPSA) is 66.0 Å². The summed E-state index contributed by atoms with van der Waals surface area (Å²) in [6.07, 6.45) is 1.27. The Hall–Kier alpha value is -2.50. The van der Waals surface area contributed by atoms with Crippen LogP contribution in [-0.4, -0.2) is 29.7 Å². The molecule has 2 heterocycles. The van der Waals surface area contributed by atoms with Crippen LogP contribution in [0.3, 0.4) is 0 Å². The van der Waals surface area contributed by atoms with Gasteiger partial charge in [-0.3, -0.25) is 5.41 Å². The summed E-state index contributed by atoms with van der Waals surface area (Å²) in [7, 11) is 0. The Morgan fingerprint density at radius 2 is 1.87 bits per heavy atom. The molecular weight excluding hydrogens is 298 g/mol. The van der Waals surface area contributed by atoms with E-state index in [0.717, 1.165) is 0 Å². The molecule has 3 rings (SSSR count). The fourth-order valence-corrected chi connectivity index (χ4v) is 2.69. The van der Waals surface area contributed by atoms with Crippen molar-refractivity contribution in [2.24, 2.45) is 0 Å². The first-order valence-electron chi connectivity index (χ1n) is 7.49. The van der Waals surface area contributed by atoms with Gasteiger partial charge in [-0.15, -0.1) is 0 Å². The molecule has 1 aliphatic rings. The molecule has 1 aliphatic heterocycles. The molecule has 2 aromatic rings. The average molecular weight is 316 g/mol. The fraction of sp³-hybridized carbons (Fsp3) is 0.294. The minimum absolute atomic E-state index is 0.165. The maximum atomic E-state index is 13.3. The molecule has 0 amide bonds. The van der Waals surface area contributed by atoms with E-state index in [-0.39, 0.29) is 25.9 Å². The lowest BCUT2D eigenvalue weighted by atomic mass is 10.0. The molecule has 0 aliphatic carbocycles. The van der Waals surface area contributed by atoms with Gasteiger partial charge in [-0.05, 0) is 18.2 Å². The van der Waals surface area contributed by atoms with Gasteiger partial charge in [0.25, 0.3) is 5.92 Å². The van der Waals surface area contributed by atoms with E-state index < -0.39 is 5.92 Å². The molecule has 0 radical (unpaired) electrons. The number of para-hydroxylation sites is 1. The van der Waals surface area contributed by atoms with Crippen LogP contribution >= 0.6 is 0 Å². The van der Waals surface area contributed by atoms with E-state index in [2.05, 4.69) is 4.98 Å². The molecule has 1 aromatic carbocycles. The average Bonchev–Trinajstić information content (AvgIpc) is 2.55. The van der Waals surface area contributed by atoms with Crippen molar-refractivity contribution in [3.05, 3.63) is 53.7 Å². The van der Waals surface area contributed by atoms with Crippen LogP contribution in [0.1, 0.15) is 24.0 Å². The second-order valence-electron chi connectivity index (χ2n) is 5.71. The number of nitrogens with zero attached hydrogens (tertiary/aromatic N) is 2. The molecule has 6 heteroatoms. The van der Waals surface area contributed by atoms with Gasteiger partial charge in [-0.1, -0.05) is 18.2 Å². The third-order valence-electron chi connectivity index (χ3n) is 4.08. The van der Waals surface area contributed by atoms with Gasteiger partial charge >= 0.3 is 0 Å². The van der Waals surface area contributed by atoms with Crippen LogP contribution in [0.25, 0.3) is 0 Å². The molecule has 0 bridgehead atoms. The van der Waals surface area contributed by atoms with Crippen LogP contribution in [0.5, 0.6) is 0 Å². The monoisotopic (exact) mass is 316 g/mol. The summed E-state index contributed by atoms with van der Waals surface area (Å²) in [5.41, 5.74) is 8.07. The quantitative estimate of drug-likeness (QED) is 0.674. The molecule has 0 unspecified atom stereocenters. The highest BCUT2D eigenvalue weighted by atomic mass is 19.3. The normalized spacial score (nSPS) is 17.0. The molecular formula is C17H18F2N4. The zero-order chi connectivity index (χ0) is 16.4. The van der Waals surface area contributed by atoms with E-state index in [0.29, 0.717) is 28.3 Å². The van der Waals surface area contributed by atoms with E-state index >= 15 is 0 Å². The second-order valence-corrected chi connectivity index (χ2v) is 5.71. The van der Waals surface area contributed by atoms with Crippen LogP contribution in [0.15, 0.2) is 42.6 Å². The lowest BCUT2D eigenvalue weighted by Crippen LogP contribution is -2.39. The van der Waals surface area contributed by atoms with Crippen molar-refractivity contribution in [1.29, 1.82) is 5.41 Å². The summed E-state index contributed by atoms with van der Waals surface area (Å²) < 4.78 is 26.5. The van der Waals surface area contributed by atoms with Gasteiger partial charge in [0.05, 0.1) is 5.71 Å². The number of pyridine rings is 1. The molecule has 1 saturated heterocycles. The fourth-order valence-electron chi connectivity index (χ4n) is 2.69. The minimum atomic E-state index is -2.58. The number of benzene rings is 1. The van der Waals surface area contributed by atoms with Crippen LogP contribution in [0.2, 0.25) is 0 Å². The maximum absolute atomic E-state index is 13.3. The Morgan fingerprint density at radius 1 is 1.17 bits per heavy atom. The van der Waals surface area contributed by atoms with Crippen molar-refractivity contribution in [2.75, 3.05) is 23.7 Å². The van der Waals surface area contributed by atoms with E-state index in [9.17, 15) is 8.78 Å². The van der Waals surface area contributed by atoms with E-state index in [1.54, 1.807) is 30.5 Å². The minimum Gasteiger partial charge on any atom is -0.398 e. The van der Waals surface area contributed by atoms with Gasteiger partial charge in [0, 0.05) is 48.9 Å².